The summed E-state index contributed by atoms with van der Waals surface area (Å²) in [5, 5.41) is 0. The van der Waals surface area contributed by atoms with E-state index in [0.29, 0.717) is 24.8 Å². The zero-order valence-electron chi connectivity index (χ0n) is 11.2. The van der Waals surface area contributed by atoms with Gasteiger partial charge in [0.15, 0.2) is 5.78 Å². The Bertz CT molecular complexity index is 626. The molecule has 0 radical (unpaired) electrons. The van der Waals surface area contributed by atoms with E-state index in [9.17, 15) is 9.59 Å². The molecule has 2 aromatic carbocycles. The van der Waals surface area contributed by atoms with E-state index in [1.807, 2.05) is 54.6 Å². The van der Waals surface area contributed by atoms with Crippen LogP contribution >= 0.6 is 0 Å². The first kappa shape index (κ1) is 12.8. The van der Waals surface area contributed by atoms with Gasteiger partial charge < -0.3 is 0 Å². The number of carbonyl (C=O) groups excluding carboxylic acids is 2. The molecule has 0 saturated heterocycles. The van der Waals surface area contributed by atoms with Crippen molar-refractivity contribution in [2.24, 2.45) is 5.92 Å². The van der Waals surface area contributed by atoms with Gasteiger partial charge in [-0.3, -0.25) is 9.59 Å². The second-order valence-electron chi connectivity index (χ2n) is 5.29. The second-order valence-corrected chi connectivity index (χ2v) is 5.29. The third-order valence-corrected chi connectivity index (χ3v) is 3.89. The predicted molar refractivity (Wildman–Crippen MR) is 78.6 cm³/mol. The molecule has 1 fully saturated rings. The van der Waals surface area contributed by atoms with Crippen molar-refractivity contribution < 1.29 is 9.59 Å². The molecular formula is C18H16O2. The Hall–Kier alpha value is -2.22. The summed E-state index contributed by atoms with van der Waals surface area (Å²) in [5.74, 6) is 0.213. The average molecular weight is 264 g/mol. The lowest BCUT2D eigenvalue weighted by Gasteiger charge is -2.08. The maximum atomic E-state index is 12.3. The number of benzene rings is 2. The summed E-state index contributed by atoms with van der Waals surface area (Å²) < 4.78 is 0. The van der Waals surface area contributed by atoms with Crippen LogP contribution in [-0.2, 0) is 4.79 Å². The fraction of sp³-hybridized carbons (Fsp3) is 0.222. The minimum absolute atomic E-state index is 0.106. The van der Waals surface area contributed by atoms with Crippen LogP contribution in [0.1, 0.15) is 29.6 Å². The van der Waals surface area contributed by atoms with Crippen molar-refractivity contribution in [2.75, 3.05) is 0 Å². The molecule has 2 heteroatoms. The van der Waals surface area contributed by atoms with Crippen molar-refractivity contribution >= 4 is 11.6 Å². The number of ketones is 2. The van der Waals surface area contributed by atoms with Gasteiger partial charge in [0, 0.05) is 24.3 Å². The minimum atomic E-state index is -0.106. The zero-order chi connectivity index (χ0) is 13.9. The first-order valence-corrected chi connectivity index (χ1v) is 6.95. The molecule has 2 nitrogen and oxygen atoms in total. The van der Waals surface area contributed by atoms with E-state index in [0.717, 1.165) is 11.1 Å². The molecule has 0 spiro atoms. The molecule has 0 aromatic heterocycles. The van der Waals surface area contributed by atoms with Crippen LogP contribution in [0, 0.1) is 5.92 Å². The molecule has 0 bridgehead atoms. The standard InChI is InChI=1S/C18H16O2/c19-17-11-10-16(12-17)18(20)15-8-6-14(7-9-15)13-4-2-1-3-5-13/h1-9,16H,10-12H2. The molecule has 2 aromatic rings. The van der Waals surface area contributed by atoms with Crippen molar-refractivity contribution in [1.82, 2.24) is 0 Å². The fourth-order valence-corrected chi connectivity index (χ4v) is 2.73. The Kier molecular flexibility index (Phi) is 3.46. The molecule has 3 rings (SSSR count). The molecule has 1 saturated carbocycles. The van der Waals surface area contributed by atoms with Gasteiger partial charge in [-0.05, 0) is 17.5 Å². The molecule has 1 unspecified atom stereocenters. The maximum absolute atomic E-state index is 12.3. The van der Waals surface area contributed by atoms with Crippen LogP contribution in [0.4, 0.5) is 0 Å². The van der Waals surface area contributed by atoms with Gasteiger partial charge in [0.05, 0.1) is 0 Å². The van der Waals surface area contributed by atoms with Crippen LogP contribution in [0.3, 0.4) is 0 Å². The number of hydrogen-bond acceptors (Lipinski definition) is 2. The van der Waals surface area contributed by atoms with Gasteiger partial charge in [0.1, 0.15) is 5.78 Å². The van der Waals surface area contributed by atoms with Crippen LogP contribution in [0.25, 0.3) is 11.1 Å². The van der Waals surface area contributed by atoms with Crippen LogP contribution < -0.4 is 0 Å². The minimum Gasteiger partial charge on any atom is -0.300 e. The van der Waals surface area contributed by atoms with E-state index in [4.69, 9.17) is 0 Å². The highest BCUT2D eigenvalue weighted by molar-refractivity contribution is 6.01. The molecule has 20 heavy (non-hydrogen) atoms. The SMILES string of the molecule is O=C1CCC(C(=O)c2ccc(-c3ccccc3)cc2)C1. The normalized spacial score (nSPS) is 18.2. The number of Topliss-reactive ketones (excluding diaryl/α,β-unsaturated/α-hetero) is 2. The van der Waals surface area contributed by atoms with Crippen molar-refractivity contribution in [3.8, 4) is 11.1 Å². The lowest BCUT2D eigenvalue weighted by Crippen LogP contribution is -2.11. The van der Waals surface area contributed by atoms with Crippen molar-refractivity contribution in [1.29, 1.82) is 0 Å². The number of rotatable bonds is 3. The largest absolute Gasteiger partial charge is 0.300 e. The van der Waals surface area contributed by atoms with Gasteiger partial charge in [-0.25, -0.2) is 0 Å². The summed E-state index contributed by atoms with van der Waals surface area (Å²) in [6.45, 7) is 0. The van der Waals surface area contributed by atoms with Gasteiger partial charge >= 0.3 is 0 Å². The highest BCUT2D eigenvalue weighted by atomic mass is 16.1. The first-order valence-electron chi connectivity index (χ1n) is 6.95. The summed E-state index contributed by atoms with van der Waals surface area (Å²) in [7, 11) is 0. The summed E-state index contributed by atoms with van der Waals surface area (Å²) >= 11 is 0. The molecule has 1 aliphatic rings. The Morgan fingerprint density at radius 2 is 1.55 bits per heavy atom. The van der Waals surface area contributed by atoms with Gasteiger partial charge in [-0.1, -0.05) is 54.6 Å². The van der Waals surface area contributed by atoms with E-state index >= 15 is 0 Å². The monoisotopic (exact) mass is 264 g/mol. The molecule has 0 heterocycles. The third kappa shape index (κ3) is 2.55. The molecule has 0 N–H and O–H groups in total. The summed E-state index contributed by atoms with van der Waals surface area (Å²) in [5.41, 5.74) is 2.96. The molecule has 1 aliphatic carbocycles. The molecule has 1 atom stereocenters. The van der Waals surface area contributed by atoms with Gasteiger partial charge in [0.2, 0.25) is 0 Å². The quantitative estimate of drug-likeness (QED) is 0.788. The smallest absolute Gasteiger partial charge is 0.166 e. The Balaban J connectivity index is 1.79. The average Bonchev–Trinajstić information content (AvgIpc) is 2.94. The predicted octanol–water partition coefficient (Wildman–Crippen LogP) is 3.91. The van der Waals surface area contributed by atoms with Gasteiger partial charge in [-0.2, -0.15) is 0 Å². The van der Waals surface area contributed by atoms with Crippen molar-refractivity contribution in [3.05, 3.63) is 60.2 Å². The lowest BCUT2D eigenvalue weighted by molar-refractivity contribution is -0.117. The fourth-order valence-electron chi connectivity index (χ4n) is 2.73. The first-order chi connectivity index (χ1) is 9.74. The zero-order valence-corrected chi connectivity index (χ0v) is 11.2. The molecule has 100 valence electrons. The molecule has 0 aliphatic heterocycles. The Labute approximate surface area is 118 Å². The van der Waals surface area contributed by atoms with E-state index in [2.05, 4.69) is 0 Å². The van der Waals surface area contributed by atoms with Crippen molar-refractivity contribution in [3.63, 3.8) is 0 Å². The Morgan fingerprint density at radius 3 is 2.15 bits per heavy atom. The number of hydrogen-bond donors (Lipinski definition) is 0. The summed E-state index contributed by atoms with van der Waals surface area (Å²) in [6, 6.07) is 17.8. The lowest BCUT2D eigenvalue weighted by atomic mass is 9.94. The summed E-state index contributed by atoms with van der Waals surface area (Å²) in [4.78, 5) is 23.6. The van der Waals surface area contributed by atoms with E-state index in [1.165, 1.54) is 0 Å². The highest BCUT2D eigenvalue weighted by Gasteiger charge is 2.28. The molecule has 0 amide bonds. The third-order valence-electron chi connectivity index (χ3n) is 3.89. The van der Waals surface area contributed by atoms with Crippen molar-refractivity contribution in [2.45, 2.75) is 19.3 Å². The summed E-state index contributed by atoms with van der Waals surface area (Å²) in [6.07, 6.45) is 1.68. The van der Waals surface area contributed by atoms with Crippen LogP contribution in [0.15, 0.2) is 54.6 Å². The Morgan fingerprint density at radius 1 is 0.900 bits per heavy atom. The molecular weight excluding hydrogens is 248 g/mol. The topological polar surface area (TPSA) is 34.1 Å². The van der Waals surface area contributed by atoms with Crippen LogP contribution in [0.2, 0.25) is 0 Å². The maximum Gasteiger partial charge on any atom is 0.166 e. The van der Waals surface area contributed by atoms with Gasteiger partial charge in [0.25, 0.3) is 0 Å². The van der Waals surface area contributed by atoms with E-state index in [1.54, 1.807) is 0 Å². The van der Waals surface area contributed by atoms with Gasteiger partial charge in [-0.15, -0.1) is 0 Å². The van der Waals surface area contributed by atoms with E-state index < -0.39 is 0 Å². The van der Waals surface area contributed by atoms with Crippen LogP contribution in [0.5, 0.6) is 0 Å². The number of carbonyl (C=O) groups is 2. The highest BCUT2D eigenvalue weighted by Crippen LogP contribution is 2.27. The van der Waals surface area contributed by atoms with E-state index in [-0.39, 0.29) is 17.5 Å². The second kappa shape index (κ2) is 5.41. The van der Waals surface area contributed by atoms with Crippen LogP contribution in [-0.4, -0.2) is 11.6 Å².